The average molecular weight is 679 g/mol. The quantitative estimate of drug-likeness (QED) is 0.181. The summed E-state index contributed by atoms with van der Waals surface area (Å²) in [4.78, 5) is 96.2. The van der Waals surface area contributed by atoms with E-state index in [0.29, 0.717) is 0 Å². The van der Waals surface area contributed by atoms with Gasteiger partial charge in [0.2, 0.25) is 12.6 Å². The van der Waals surface area contributed by atoms with E-state index in [1.807, 2.05) is 0 Å². The van der Waals surface area contributed by atoms with Gasteiger partial charge < -0.3 is 52.1 Å². The predicted octanol–water partition coefficient (Wildman–Crippen LogP) is -0.831. The topological polar surface area (TPSA) is 238 Å². The highest BCUT2D eigenvalue weighted by atomic mass is 16.8. The van der Waals surface area contributed by atoms with E-state index in [4.69, 9.17) is 52.1 Å². The van der Waals surface area contributed by atoms with E-state index in [9.17, 15) is 38.4 Å². The van der Waals surface area contributed by atoms with Gasteiger partial charge in [0, 0.05) is 55.4 Å². The van der Waals surface area contributed by atoms with Gasteiger partial charge in [-0.25, -0.2) is 0 Å². The second kappa shape index (κ2) is 17.5. The third-order valence-corrected chi connectivity index (χ3v) is 6.16. The van der Waals surface area contributed by atoms with Crippen LogP contribution in [-0.4, -0.2) is 122 Å². The molecule has 0 N–H and O–H groups in total. The van der Waals surface area contributed by atoms with Crippen molar-refractivity contribution in [1.82, 2.24) is 0 Å². The highest BCUT2D eigenvalue weighted by molar-refractivity contribution is 5.70. The van der Waals surface area contributed by atoms with E-state index in [0.717, 1.165) is 55.4 Å². The Bertz CT molecular complexity index is 1110. The Hall–Kier alpha value is -4.36. The molecule has 2 heterocycles. The molecule has 2 rings (SSSR count). The van der Waals surface area contributed by atoms with Gasteiger partial charge in [0.25, 0.3) is 0 Å². The molecule has 19 nitrogen and oxygen atoms in total. The van der Waals surface area contributed by atoms with Crippen molar-refractivity contribution in [3.8, 4) is 0 Å². The summed E-state index contributed by atoms with van der Waals surface area (Å²) in [7, 11) is 0. The molecule has 2 saturated heterocycles. The molecule has 0 aromatic rings. The van der Waals surface area contributed by atoms with Crippen molar-refractivity contribution in [2.24, 2.45) is 0 Å². The summed E-state index contributed by atoms with van der Waals surface area (Å²) in [5.41, 5.74) is 0. The minimum Gasteiger partial charge on any atom is -0.463 e. The molecule has 0 bridgehead atoms. The lowest BCUT2D eigenvalue weighted by Gasteiger charge is -2.48. The number of rotatable bonds is 12. The third kappa shape index (κ3) is 12.1. The van der Waals surface area contributed by atoms with Gasteiger partial charge >= 0.3 is 47.8 Å². The van der Waals surface area contributed by atoms with E-state index in [1.165, 1.54) is 0 Å². The number of carbonyl (C=O) groups excluding carboxylic acids is 8. The third-order valence-electron chi connectivity index (χ3n) is 6.16. The summed E-state index contributed by atoms with van der Waals surface area (Å²) in [6.07, 6.45) is -16.3. The summed E-state index contributed by atoms with van der Waals surface area (Å²) in [5, 5.41) is 0. The number of esters is 8. The SMILES string of the molecule is CC(=O)OCC1O[C@H](O[C@@H]2O[C@H](COC(C)=O)[C@H](OC(C)=O)C(OC(C)=O)C2OC(C)=O)C(OC(C)=O)[C@@H](OC(C)=O)[C@@H]1OC(C)=O. The van der Waals surface area contributed by atoms with Crippen LogP contribution >= 0.6 is 0 Å². The van der Waals surface area contributed by atoms with Crippen LogP contribution in [0.4, 0.5) is 0 Å². The molecule has 47 heavy (non-hydrogen) atoms. The lowest BCUT2D eigenvalue weighted by Crippen LogP contribution is -2.66. The Morgan fingerprint density at radius 2 is 0.638 bits per heavy atom. The van der Waals surface area contributed by atoms with Gasteiger partial charge in [0.05, 0.1) is 0 Å². The first-order chi connectivity index (χ1) is 21.9. The van der Waals surface area contributed by atoms with E-state index in [2.05, 4.69) is 0 Å². The van der Waals surface area contributed by atoms with Crippen LogP contribution in [0.1, 0.15) is 55.4 Å². The molecule has 0 amide bonds. The van der Waals surface area contributed by atoms with Crippen LogP contribution in [0.25, 0.3) is 0 Å². The molecule has 0 saturated carbocycles. The van der Waals surface area contributed by atoms with Gasteiger partial charge in [0.15, 0.2) is 36.6 Å². The van der Waals surface area contributed by atoms with Crippen LogP contribution < -0.4 is 0 Å². The van der Waals surface area contributed by atoms with Crippen LogP contribution in [0.5, 0.6) is 0 Å². The van der Waals surface area contributed by atoms with Gasteiger partial charge in [-0.1, -0.05) is 0 Å². The van der Waals surface area contributed by atoms with Gasteiger partial charge in [-0.3, -0.25) is 38.4 Å². The van der Waals surface area contributed by atoms with Crippen molar-refractivity contribution in [2.75, 3.05) is 13.2 Å². The van der Waals surface area contributed by atoms with Crippen LogP contribution in [0.15, 0.2) is 0 Å². The fraction of sp³-hybridized carbons (Fsp3) is 0.714. The van der Waals surface area contributed by atoms with Gasteiger partial charge in [-0.05, 0) is 0 Å². The lowest BCUT2D eigenvalue weighted by atomic mass is 9.96. The Morgan fingerprint density at radius 1 is 0.383 bits per heavy atom. The molecule has 4 unspecified atom stereocenters. The van der Waals surface area contributed by atoms with Crippen LogP contribution in [0, 0.1) is 0 Å². The molecule has 2 aliphatic heterocycles. The summed E-state index contributed by atoms with van der Waals surface area (Å²) in [6, 6.07) is 0. The molecule has 0 radical (unpaired) electrons. The van der Waals surface area contributed by atoms with Gasteiger partial charge in [-0.2, -0.15) is 0 Å². The van der Waals surface area contributed by atoms with E-state index in [-0.39, 0.29) is 0 Å². The number of ether oxygens (including phenoxy) is 11. The molecule has 0 spiro atoms. The highest BCUT2D eigenvalue weighted by Crippen LogP contribution is 2.35. The molecule has 0 aromatic heterocycles. The van der Waals surface area contributed by atoms with Gasteiger partial charge in [0.1, 0.15) is 25.4 Å². The minimum absolute atomic E-state index is 0.587. The maximum absolute atomic E-state index is 12.2. The van der Waals surface area contributed by atoms with Crippen molar-refractivity contribution in [3.05, 3.63) is 0 Å². The smallest absolute Gasteiger partial charge is 0.303 e. The van der Waals surface area contributed by atoms with Gasteiger partial charge in [-0.15, -0.1) is 0 Å². The van der Waals surface area contributed by atoms with Crippen LogP contribution in [-0.2, 0) is 90.5 Å². The fourth-order valence-corrected chi connectivity index (χ4v) is 4.73. The lowest BCUT2D eigenvalue weighted by molar-refractivity contribution is -0.377. The van der Waals surface area contributed by atoms with Crippen LogP contribution in [0.2, 0.25) is 0 Å². The second-order valence-electron chi connectivity index (χ2n) is 10.3. The number of carbonyl (C=O) groups is 8. The van der Waals surface area contributed by atoms with Crippen molar-refractivity contribution in [2.45, 2.75) is 117 Å². The predicted molar refractivity (Wildman–Crippen MR) is 145 cm³/mol. The molecule has 19 heteroatoms. The number of hydrogen-bond acceptors (Lipinski definition) is 19. The zero-order chi connectivity index (χ0) is 35.6. The molecule has 2 aliphatic rings. The van der Waals surface area contributed by atoms with Crippen molar-refractivity contribution in [1.29, 1.82) is 0 Å². The summed E-state index contributed by atoms with van der Waals surface area (Å²) < 4.78 is 60.1. The molecule has 2 fully saturated rings. The van der Waals surface area contributed by atoms with E-state index < -0.39 is 122 Å². The Kier molecular flexibility index (Phi) is 14.5. The average Bonchev–Trinajstić information content (AvgIpc) is 2.91. The monoisotopic (exact) mass is 678 g/mol. The molecule has 0 aliphatic carbocycles. The van der Waals surface area contributed by atoms with Crippen molar-refractivity contribution in [3.63, 3.8) is 0 Å². The second-order valence-corrected chi connectivity index (χ2v) is 10.3. The summed E-state index contributed by atoms with van der Waals surface area (Å²) in [6.45, 7) is 7.10. The molecular weight excluding hydrogens is 640 g/mol. The maximum atomic E-state index is 12.2. The standard InChI is InChI=1S/C28H38O19/c1-11(29)37-9-19-21(39-13(3)31)23(41-15(5)33)25(43-17(7)35)27(45-19)47-28-26(44-18(8)36)24(42-16(6)34)22(40-14(4)32)20(46-28)10-38-12(2)30/h19-28H,9-10H2,1-8H3/t19-,20?,21+,22-,23?,24+,25?,26?,27+,28-/m1/s1. The Labute approximate surface area is 268 Å². The van der Waals surface area contributed by atoms with Crippen molar-refractivity contribution < 1.29 is 90.5 Å². The Balaban J connectivity index is 2.69. The summed E-state index contributed by atoms with van der Waals surface area (Å²) >= 11 is 0. The first-order valence-electron chi connectivity index (χ1n) is 14.2. The zero-order valence-corrected chi connectivity index (χ0v) is 26.9. The maximum Gasteiger partial charge on any atom is 0.303 e. The minimum atomic E-state index is -1.84. The zero-order valence-electron chi connectivity index (χ0n) is 26.9. The van der Waals surface area contributed by atoms with E-state index in [1.54, 1.807) is 0 Å². The fourth-order valence-electron chi connectivity index (χ4n) is 4.73. The van der Waals surface area contributed by atoms with E-state index >= 15 is 0 Å². The van der Waals surface area contributed by atoms with Crippen molar-refractivity contribution >= 4 is 47.8 Å². The molecule has 0 aromatic carbocycles. The molecular formula is C28H38O19. The first kappa shape index (κ1) is 38.8. The normalized spacial score (nSPS) is 30.0. The first-order valence-corrected chi connectivity index (χ1v) is 14.2. The molecule has 10 atom stereocenters. The number of hydrogen-bond donors (Lipinski definition) is 0. The molecule has 264 valence electrons. The largest absolute Gasteiger partial charge is 0.463 e. The highest BCUT2D eigenvalue weighted by Gasteiger charge is 2.57. The van der Waals surface area contributed by atoms with Crippen LogP contribution in [0.3, 0.4) is 0 Å². The summed E-state index contributed by atoms with van der Waals surface area (Å²) in [5.74, 6) is -6.98. The Morgan fingerprint density at radius 3 is 0.894 bits per heavy atom.